The van der Waals surface area contributed by atoms with Gasteiger partial charge < -0.3 is 19.2 Å². The van der Waals surface area contributed by atoms with Gasteiger partial charge in [-0.1, -0.05) is 32.4 Å². The summed E-state index contributed by atoms with van der Waals surface area (Å²) in [5.41, 5.74) is -1.42. The minimum absolute atomic E-state index is 0.0138. The van der Waals surface area contributed by atoms with Crippen molar-refractivity contribution in [3.05, 3.63) is 28.8 Å². The van der Waals surface area contributed by atoms with Gasteiger partial charge in [-0.15, -0.1) is 0 Å². The number of pyridine rings is 1. The highest BCUT2D eigenvalue weighted by Crippen LogP contribution is 2.46. The van der Waals surface area contributed by atoms with E-state index in [4.69, 9.17) is 20.8 Å². The average Bonchev–Trinajstić information content (AvgIpc) is 2.64. The highest BCUT2D eigenvalue weighted by molar-refractivity contribution is 6.74. The number of aliphatic hydroxyl groups is 1. The molecule has 9 heteroatoms. The molecule has 0 radical (unpaired) electrons. The molecule has 1 fully saturated rings. The highest BCUT2D eigenvalue weighted by Gasteiger charge is 2.47. The lowest BCUT2D eigenvalue weighted by Gasteiger charge is -2.47. The van der Waals surface area contributed by atoms with E-state index >= 15 is 0 Å². The van der Waals surface area contributed by atoms with Gasteiger partial charge in [0, 0.05) is 31.3 Å². The Kier molecular flexibility index (Phi) is 8.08. The van der Waals surface area contributed by atoms with Crippen molar-refractivity contribution in [2.45, 2.75) is 84.2 Å². The standard InChI is InChI=1S/C23H38ClFN2O4Si/c1-21(2,3)31-20(29)27-11-9-23(10-12-27,15-30-32(7,8)22(4,5)6)19(28)18-17(25)13-16(24)14-26-18/h13-14,19,28H,9-12,15H2,1-8H3. The zero-order chi connectivity index (χ0) is 24.5. The van der Waals surface area contributed by atoms with Gasteiger partial charge in [-0.3, -0.25) is 4.98 Å². The Hall–Kier alpha value is -1.22. The fourth-order valence-electron chi connectivity index (χ4n) is 3.41. The van der Waals surface area contributed by atoms with Crippen molar-refractivity contribution in [3.63, 3.8) is 0 Å². The van der Waals surface area contributed by atoms with Gasteiger partial charge in [0.2, 0.25) is 0 Å². The van der Waals surface area contributed by atoms with Crippen molar-refractivity contribution in [2.24, 2.45) is 5.41 Å². The Morgan fingerprint density at radius 2 is 1.84 bits per heavy atom. The Bertz CT molecular complexity index is 815. The van der Waals surface area contributed by atoms with Crippen molar-refractivity contribution >= 4 is 26.0 Å². The van der Waals surface area contributed by atoms with Gasteiger partial charge in [0.15, 0.2) is 8.32 Å². The molecule has 1 unspecified atom stereocenters. The number of nitrogens with zero attached hydrogens (tertiary/aromatic N) is 2. The minimum atomic E-state index is -2.13. The maximum atomic E-state index is 14.7. The topological polar surface area (TPSA) is 71.9 Å². The second-order valence-corrected chi connectivity index (χ2v) is 16.5. The number of hydrogen-bond donors (Lipinski definition) is 1. The van der Waals surface area contributed by atoms with Crippen LogP contribution in [0, 0.1) is 11.2 Å². The molecule has 0 aliphatic carbocycles. The Morgan fingerprint density at radius 1 is 1.28 bits per heavy atom. The number of amides is 1. The Labute approximate surface area is 197 Å². The van der Waals surface area contributed by atoms with Crippen LogP contribution in [0.4, 0.5) is 9.18 Å². The minimum Gasteiger partial charge on any atom is -0.444 e. The van der Waals surface area contributed by atoms with Gasteiger partial charge in [0.1, 0.15) is 23.2 Å². The lowest BCUT2D eigenvalue weighted by Crippen LogP contribution is -2.51. The van der Waals surface area contributed by atoms with E-state index in [1.54, 1.807) is 4.90 Å². The molecule has 0 spiro atoms. The monoisotopic (exact) mass is 488 g/mol. The molecule has 1 N–H and O–H groups in total. The van der Waals surface area contributed by atoms with Crippen molar-refractivity contribution < 1.29 is 23.5 Å². The first-order valence-electron chi connectivity index (χ1n) is 11.1. The summed E-state index contributed by atoms with van der Waals surface area (Å²) in [4.78, 5) is 18.3. The summed E-state index contributed by atoms with van der Waals surface area (Å²) in [5, 5.41) is 11.5. The van der Waals surface area contributed by atoms with Crippen LogP contribution in [0.1, 0.15) is 66.2 Å². The molecule has 2 heterocycles. The van der Waals surface area contributed by atoms with Crippen LogP contribution in [0.25, 0.3) is 0 Å². The predicted molar refractivity (Wildman–Crippen MR) is 127 cm³/mol. The van der Waals surface area contributed by atoms with Crippen molar-refractivity contribution in [3.8, 4) is 0 Å². The average molecular weight is 489 g/mol. The van der Waals surface area contributed by atoms with Crippen LogP contribution >= 0.6 is 11.6 Å². The van der Waals surface area contributed by atoms with E-state index in [1.807, 2.05) is 20.8 Å². The van der Waals surface area contributed by atoms with Crippen molar-refractivity contribution in [1.82, 2.24) is 9.88 Å². The SMILES string of the molecule is CC(C)(C)OC(=O)N1CCC(CO[Si](C)(C)C(C)(C)C)(C(O)c2ncc(Cl)cc2F)CC1. The second kappa shape index (κ2) is 9.56. The normalized spacial score (nSPS) is 18.4. The maximum absolute atomic E-state index is 14.7. The van der Waals surface area contributed by atoms with Gasteiger partial charge >= 0.3 is 6.09 Å². The number of ether oxygens (including phenoxy) is 1. The molecule has 0 aromatic carbocycles. The first-order valence-corrected chi connectivity index (χ1v) is 14.4. The second-order valence-electron chi connectivity index (χ2n) is 11.3. The van der Waals surface area contributed by atoms with Crippen LogP contribution in [0.2, 0.25) is 23.2 Å². The summed E-state index contributed by atoms with van der Waals surface area (Å²) in [6.45, 7) is 17.2. The molecule has 32 heavy (non-hydrogen) atoms. The van der Waals surface area contributed by atoms with E-state index in [2.05, 4.69) is 38.8 Å². The molecule has 1 aliphatic heterocycles. The quantitative estimate of drug-likeness (QED) is 0.518. The van der Waals surface area contributed by atoms with Crippen LogP contribution in [-0.2, 0) is 9.16 Å². The molecule has 1 amide bonds. The number of piperidine rings is 1. The van der Waals surface area contributed by atoms with Gasteiger partial charge in [-0.05, 0) is 57.8 Å². The zero-order valence-electron chi connectivity index (χ0n) is 20.6. The lowest BCUT2D eigenvalue weighted by atomic mass is 9.73. The van der Waals surface area contributed by atoms with Crippen molar-refractivity contribution in [2.75, 3.05) is 19.7 Å². The first-order chi connectivity index (χ1) is 14.5. The summed E-state index contributed by atoms with van der Waals surface area (Å²) in [6, 6.07) is 1.16. The Balaban J connectivity index is 2.29. The number of carbonyl (C=O) groups excluding carboxylic acids is 1. The number of carbonyl (C=O) groups is 1. The van der Waals surface area contributed by atoms with Crippen LogP contribution < -0.4 is 0 Å². The van der Waals surface area contributed by atoms with E-state index < -0.39 is 31.3 Å². The zero-order valence-corrected chi connectivity index (χ0v) is 22.3. The van der Waals surface area contributed by atoms with Crippen LogP contribution in [-0.4, -0.2) is 54.7 Å². The molecular weight excluding hydrogens is 451 g/mol. The molecule has 1 saturated heterocycles. The van der Waals surface area contributed by atoms with E-state index in [9.17, 15) is 14.3 Å². The highest BCUT2D eigenvalue weighted by atomic mass is 35.5. The number of halogens is 2. The number of likely N-dealkylation sites (tertiary alicyclic amines) is 1. The summed E-state index contributed by atoms with van der Waals surface area (Å²) >= 11 is 5.86. The summed E-state index contributed by atoms with van der Waals surface area (Å²) in [5.74, 6) is -0.647. The summed E-state index contributed by atoms with van der Waals surface area (Å²) in [7, 11) is -2.13. The van der Waals surface area contributed by atoms with Gasteiger partial charge in [-0.25, -0.2) is 9.18 Å². The van der Waals surface area contributed by atoms with E-state index in [-0.39, 0.29) is 28.5 Å². The third-order valence-corrected chi connectivity index (χ3v) is 11.3. The maximum Gasteiger partial charge on any atom is 0.410 e. The molecule has 2 rings (SSSR count). The molecule has 1 atom stereocenters. The van der Waals surface area contributed by atoms with Crippen LogP contribution in [0.3, 0.4) is 0 Å². The third kappa shape index (κ3) is 6.43. The third-order valence-electron chi connectivity index (χ3n) is 6.61. The molecule has 182 valence electrons. The number of rotatable bonds is 5. The number of aromatic nitrogens is 1. The van der Waals surface area contributed by atoms with E-state index in [1.165, 1.54) is 6.20 Å². The van der Waals surface area contributed by atoms with Crippen LogP contribution in [0.15, 0.2) is 12.3 Å². The largest absolute Gasteiger partial charge is 0.444 e. The fraction of sp³-hybridized carbons (Fsp3) is 0.739. The number of aliphatic hydroxyl groups excluding tert-OH is 1. The Morgan fingerprint density at radius 3 is 2.31 bits per heavy atom. The smallest absolute Gasteiger partial charge is 0.410 e. The molecule has 1 aliphatic rings. The lowest BCUT2D eigenvalue weighted by molar-refractivity contribution is -0.0631. The first kappa shape index (κ1) is 27.0. The van der Waals surface area contributed by atoms with Gasteiger partial charge in [-0.2, -0.15) is 0 Å². The van der Waals surface area contributed by atoms with Gasteiger partial charge in [0.25, 0.3) is 0 Å². The fourth-order valence-corrected chi connectivity index (χ4v) is 4.64. The predicted octanol–water partition coefficient (Wildman–Crippen LogP) is 5.95. The summed E-state index contributed by atoms with van der Waals surface area (Å²) in [6.07, 6.45) is 0.630. The molecule has 0 bridgehead atoms. The molecule has 1 aromatic rings. The molecule has 6 nitrogen and oxygen atoms in total. The molecule has 1 aromatic heterocycles. The van der Waals surface area contributed by atoms with Crippen molar-refractivity contribution in [1.29, 1.82) is 0 Å². The molecular formula is C23H38ClFN2O4Si. The number of hydrogen-bond acceptors (Lipinski definition) is 5. The summed E-state index contributed by atoms with van der Waals surface area (Å²) < 4.78 is 26.6. The van der Waals surface area contributed by atoms with Gasteiger partial charge in [0.05, 0.1) is 5.02 Å². The van der Waals surface area contributed by atoms with Crippen LogP contribution in [0.5, 0.6) is 0 Å². The molecule has 0 saturated carbocycles. The van der Waals surface area contributed by atoms with E-state index in [0.717, 1.165) is 6.07 Å². The van der Waals surface area contributed by atoms with E-state index in [0.29, 0.717) is 25.9 Å².